The molecule has 1 amide bonds. The topological polar surface area (TPSA) is 59.2 Å². The fourth-order valence-electron chi connectivity index (χ4n) is 1.90. The van der Waals surface area contributed by atoms with Crippen molar-refractivity contribution in [2.45, 2.75) is 46.1 Å². The van der Waals surface area contributed by atoms with Gasteiger partial charge in [0, 0.05) is 25.2 Å². The first-order valence-electron chi connectivity index (χ1n) is 6.60. The number of aromatic nitrogens is 1. The largest absolute Gasteiger partial charge is 0.326 e. The highest BCUT2D eigenvalue weighted by Gasteiger charge is 2.28. The van der Waals surface area contributed by atoms with Gasteiger partial charge in [-0.05, 0) is 23.6 Å². The fourth-order valence-corrected chi connectivity index (χ4v) is 1.90. The van der Waals surface area contributed by atoms with E-state index in [4.69, 9.17) is 5.73 Å². The quantitative estimate of drug-likeness (QED) is 0.875. The van der Waals surface area contributed by atoms with Crippen molar-refractivity contribution in [3.05, 3.63) is 23.9 Å². The Morgan fingerprint density at radius 3 is 2.61 bits per heavy atom. The summed E-state index contributed by atoms with van der Waals surface area (Å²) in [5.41, 5.74) is 6.95. The number of anilines is 1. The van der Waals surface area contributed by atoms with Crippen molar-refractivity contribution >= 4 is 11.7 Å². The van der Waals surface area contributed by atoms with Crippen molar-refractivity contribution in [1.82, 2.24) is 4.98 Å². The van der Waals surface area contributed by atoms with Gasteiger partial charge in [0.15, 0.2) is 0 Å². The lowest BCUT2D eigenvalue weighted by molar-refractivity contribution is -0.117. The van der Waals surface area contributed by atoms with E-state index in [1.807, 2.05) is 26.0 Å². The van der Waals surface area contributed by atoms with Crippen molar-refractivity contribution in [2.24, 2.45) is 5.73 Å². The van der Waals surface area contributed by atoms with Crippen molar-refractivity contribution < 1.29 is 4.79 Å². The van der Waals surface area contributed by atoms with Gasteiger partial charge in [0.2, 0.25) is 5.91 Å². The molecule has 18 heavy (non-hydrogen) atoms. The maximum absolute atomic E-state index is 11.7. The van der Waals surface area contributed by atoms with E-state index in [1.54, 1.807) is 11.1 Å². The summed E-state index contributed by atoms with van der Waals surface area (Å²) in [6.07, 6.45) is 2.18. The molecule has 2 rings (SSSR count). The molecule has 2 heterocycles. The molecule has 1 aromatic rings. The minimum absolute atomic E-state index is 0.0583. The highest BCUT2D eigenvalue weighted by atomic mass is 16.2. The standard InChI is InChI=1S/C12H17N3O.C2H6/c1-8(2)9-3-4-14-11(5-9)15-7-10(13)6-12(15)16;1-2/h3-5,8,10H,6-7,13H2,1-2H3;1-2H3. The molecule has 1 atom stereocenters. The van der Waals surface area contributed by atoms with Gasteiger partial charge in [0.05, 0.1) is 0 Å². The molecular weight excluding hydrogens is 226 g/mol. The maximum Gasteiger partial charge on any atom is 0.229 e. The normalized spacial score (nSPS) is 18.9. The third-order valence-electron chi connectivity index (χ3n) is 2.87. The molecule has 0 bridgehead atoms. The van der Waals surface area contributed by atoms with Crippen LogP contribution in [0.25, 0.3) is 0 Å². The number of nitrogens with two attached hydrogens (primary N) is 1. The molecule has 4 heteroatoms. The Balaban J connectivity index is 0.000000771. The van der Waals surface area contributed by atoms with Crippen LogP contribution in [0.3, 0.4) is 0 Å². The average Bonchev–Trinajstić information content (AvgIpc) is 2.71. The minimum Gasteiger partial charge on any atom is -0.326 e. The molecule has 1 aliphatic heterocycles. The Kier molecular flexibility index (Phi) is 5.28. The summed E-state index contributed by atoms with van der Waals surface area (Å²) in [7, 11) is 0. The molecule has 0 saturated carbocycles. The zero-order valence-electron chi connectivity index (χ0n) is 11.7. The Morgan fingerprint density at radius 1 is 1.44 bits per heavy atom. The van der Waals surface area contributed by atoms with Crippen LogP contribution in [-0.2, 0) is 4.79 Å². The van der Waals surface area contributed by atoms with Gasteiger partial charge in [-0.15, -0.1) is 0 Å². The molecule has 1 saturated heterocycles. The highest BCUT2D eigenvalue weighted by molar-refractivity contribution is 5.95. The van der Waals surface area contributed by atoms with Gasteiger partial charge in [0.1, 0.15) is 5.82 Å². The number of rotatable bonds is 2. The monoisotopic (exact) mass is 249 g/mol. The van der Waals surface area contributed by atoms with Crippen LogP contribution >= 0.6 is 0 Å². The summed E-state index contributed by atoms with van der Waals surface area (Å²) in [4.78, 5) is 17.6. The molecule has 1 fully saturated rings. The molecule has 0 aromatic carbocycles. The van der Waals surface area contributed by atoms with E-state index in [0.717, 1.165) is 5.82 Å². The zero-order valence-corrected chi connectivity index (χ0v) is 11.7. The summed E-state index contributed by atoms with van der Waals surface area (Å²) < 4.78 is 0. The van der Waals surface area contributed by atoms with Gasteiger partial charge in [0.25, 0.3) is 0 Å². The SMILES string of the molecule is CC.CC(C)c1ccnc(N2CC(N)CC2=O)c1. The lowest BCUT2D eigenvalue weighted by Crippen LogP contribution is -2.28. The van der Waals surface area contributed by atoms with E-state index in [1.165, 1.54) is 5.56 Å². The van der Waals surface area contributed by atoms with E-state index in [0.29, 0.717) is 18.9 Å². The zero-order chi connectivity index (χ0) is 13.7. The molecule has 0 spiro atoms. The molecule has 0 aliphatic carbocycles. The van der Waals surface area contributed by atoms with Gasteiger partial charge < -0.3 is 5.73 Å². The van der Waals surface area contributed by atoms with Crippen LogP contribution in [0, 0.1) is 0 Å². The van der Waals surface area contributed by atoms with Crippen molar-refractivity contribution in [3.8, 4) is 0 Å². The molecule has 1 aromatic heterocycles. The summed E-state index contributed by atoms with van der Waals surface area (Å²) in [6.45, 7) is 8.82. The first-order chi connectivity index (χ1) is 8.58. The van der Waals surface area contributed by atoms with Crippen LogP contribution in [0.1, 0.15) is 45.6 Å². The first kappa shape index (κ1) is 14.6. The van der Waals surface area contributed by atoms with Crippen LogP contribution in [0.4, 0.5) is 5.82 Å². The van der Waals surface area contributed by atoms with Gasteiger partial charge in [-0.3, -0.25) is 9.69 Å². The van der Waals surface area contributed by atoms with Crippen LogP contribution in [0.15, 0.2) is 18.3 Å². The third-order valence-corrected chi connectivity index (χ3v) is 2.87. The lowest BCUT2D eigenvalue weighted by atomic mass is 10.1. The molecule has 4 nitrogen and oxygen atoms in total. The summed E-state index contributed by atoms with van der Waals surface area (Å²) in [5.74, 6) is 1.23. The summed E-state index contributed by atoms with van der Waals surface area (Å²) in [6, 6.07) is 3.90. The van der Waals surface area contributed by atoms with Crippen LogP contribution in [0.5, 0.6) is 0 Å². The molecular formula is C14H23N3O. The molecule has 1 unspecified atom stereocenters. The molecule has 100 valence electrons. The Morgan fingerprint density at radius 2 is 2.11 bits per heavy atom. The number of hydrogen-bond donors (Lipinski definition) is 1. The second-order valence-corrected chi connectivity index (χ2v) is 4.57. The Bertz CT molecular complexity index is 404. The minimum atomic E-state index is -0.0583. The first-order valence-corrected chi connectivity index (χ1v) is 6.60. The molecule has 1 aliphatic rings. The lowest BCUT2D eigenvalue weighted by Gasteiger charge is -2.16. The van der Waals surface area contributed by atoms with Gasteiger partial charge in [-0.1, -0.05) is 27.7 Å². The van der Waals surface area contributed by atoms with Crippen molar-refractivity contribution in [1.29, 1.82) is 0 Å². The Labute approximate surface area is 109 Å². The smallest absolute Gasteiger partial charge is 0.229 e. The van der Waals surface area contributed by atoms with E-state index in [2.05, 4.69) is 18.8 Å². The summed E-state index contributed by atoms with van der Waals surface area (Å²) >= 11 is 0. The number of pyridine rings is 1. The molecule has 0 radical (unpaired) electrons. The second-order valence-electron chi connectivity index (χ2n) is 4.57. The highest BCUT2D eigenvalue weighted by Crippen LogP contribution is 2.22. The number of carbonyl (C=O) groups is 1. The fraction of sp³-hybridized carbons (Fsp3) is 0.571. The van der Waals surface area contributed by atoms with Crippen LogP contribution < -0.4 is 10.6 Å². The van der Waals surface area contributed by atoms with Crippen molar-refractivity contribution in [3.63, 3.8) is 0 Å². The van der Waals surface area contributed by atoms with Crippen LogP contribution in [-0.4, -0.2) is 23.5 Å². The Hall–Kier alpha value is -1.42. The van der Waals surface area contributed by atoms with E-state index < -0.39 is 0 Å². The predicted octanol–water partition coefficient (Wildman–Crippen LogP) is 2.30. The third kappa shape index (κ3) is 3.29. The van der Waals surface area contributed by atoms with Gasteiger partial charge >= 0.3 is 0 Å². The van der Waals surface area contributed by atoms with Crippen LogP contribution in [0.2, 0.25) is 0 Å². The number of carbonyl (C=O) groups excluding carboxylic acids is 1. The van der Waals surface area contributed by atoms with Gasteiger partial charge in [-0.25, -0.2) is 4.98 Å². The van der Waals surface area contributed by atoms with Crippen molar-refractivity contribution in [2.75, 3.05) is 11.4 Å². The van der Waals surface area contributed by atoms with E-state index >= 15 is 0 Å². The van der Waals surface area contributed by atoms with E-state index in [-0.39, 0.29) is 11.9 Å². The second kappa shape index (κ2) is 6.50. The maximum atomic E-state index is 11.7. The number of nitrogens with zero attached hydrogens (tertiary/aromatic N) is 2. The van der Waals surface area contributed by atoms with Gasteiger partial charge in [-0.2, -0.15) is 0 Å². The number of hydrogen-bond acceptors (Lipinski definition) is 3. The average molecular weight is 249 g/mol. The summed E-state index contributed by atoms with van der Waals surface area (Å²) in [5, 5.41) is 0. The predicted molar refractivity (Wildman–Crippen MR) is 74.6 cm³/mol. The number of amides is 1. The molecule has 2 N–H and O–H groups in total. The van der Waals surface area contributed by atoms with E-state index in [9.17, 15) is 4.79 Å².